The number of benzene rings is 1. The molecule has 0 spiro atoms. The van der Waals surface area contributed by atoms with Crippen LogP contribution in [-0.4, -0.2) is 25.5 Å². The molecule has 1 aromatic carbocycles. The number of nitrogens with one attached hydrogen (secondary N) is 2. The normalized spacial score (nSPS) is 11.5. The second kappa shape index (κ2) is 9.85. The van der Waals surface area contributed by atoms with Crippen molar-refractivity contribution in [1.29, 1.82) is 0 Å². The highest BCUT2D eigenvalue weighted by molar-refractivity contribution is 5.97. The van der Waals surface area contributed by atoms with E-state index in [2.05, 4.69) is 24.7 Å². The van der Waals surface area contributed by atoms with E-state index < -0.39 is 11.8 Å². The number of rotatable bonds is 7. The minimum atomic E-state index is -0.436. The van der Waals surface area contributed by atoms with Crippen LogP contribution in [0, 0.1) is 11.3 Å². The number of methoxy groups -OCH3 is 1. The molecule has 144 valence electrons. The Morgan fingerprint density at radius 1 is 1.15 bits per heavy atom. The number of amides is 2. The van der Waals surface area contributed by atoms with Gasteiger partial charge in [0.1, 0.15) is 0 Å². The van der Waals surface area contributed by atoms with Crippen LogP contribution in [0.1, 0.15) is 51.4 Å². The van der Waals surface area contributed by atoms with Gasteiger partial charge in [0.2, 0.25) is 0 Å². The van der Waals surface area contributed by atoms with Crippen LogP contribution in [0.4, 0.5) is 0 Å². The minimum Gasteiger partial charge on any atom is -0.493 e. The first kappa shape index (κ1) is 21.5. The lowest BCUT2D eigenvalue weighted by molar-refractivity contribution is -0.117. The zero-order chi connectivity index (χ0) is 19.7. The Labute approximate surface area is 155 Å². The van der Waals surface area contributed by atoms with E-state index in [1.54, 1.807) is 24.3 Å². The van der Waals surface area contributed by atoms with Crippen molar-refractivity contribution >= 4 is 11.8 Å². The summed E-state index contributed by atoms with van der Waals surface area (Å²) in [5, 5.41) is 0. The van der Waals surface area contributed by atoms with E-state index in [0.717, 1.165) is 6.42 Å². The zero-order valence-corrected chi connectivity index (χ0v) is 16.5. The maximum atomic E-state index is 12.2. The fourth-order valence-corrected chi connectivity index (χ4v) is 1.89. The van der Waals surface area contributed by atoms with E-state index in [9.17, 15) is 9.59 Å². The summed E-state index contributed by atoms with van der Waals surface area (Å²) in [4.78, 5) is 23.9. The fraction of sp³-hybridized carbons (Fsp3) is 0.500. The lowest BCUT2D eigenvalue weighted by Gasteiger charge is -2.13. The number of allylic oxidation sites excluding steroid dienone is 1. The summed E-state index contributed by atoms with van der Waals surface area (Å²) in [5.41, 5.74) is 4.98. The van der Waals surface area contributed by atoms with Crippen LogP contribution in [0.25, 0.3) is 0 Å². The smallest absolute Gasteiger partial charge is 0.269 e. The molecule has 0 bridgehead atoms. The molecule has 0 aliphatic carbocycles. The molecule has 6 nitrogen and oxygen atoms in total. The molecule has 0 atom stereocenters. The number of ether oxygens (including phenoxy) is 2. The van der Waals surface area contributed by atoms with Crippen LogP contribution in [-0.2, 0) is 4.79 Å². The molecule has 0 saturated heterocycles. The molecule has 0 unspecified atom stereocenters. The van der Waals surface area contributed by atoms with E-state index in [0.29, 0.717) is 29.6 Å². The van der Waals surface area contributed by atoms with Crippen LogP contribution in [0.5, 0.6) is 11.5 Å². The van der Waals surface area contributed by atoms with Gasteiger partial charge in [-0.2, -0.15) is 0 Å². The predicted octanol–water partition coefficient (Wildman–Crippen LogP) is 3.48. The monoisotopic (exact) mass is 362 g/mol. The highest BCUT2D eigenvalue weighted by atomic mass is 16.5. The Kier molecular flexibility index (Phi) is 8.16. The molecule has 26 heavy (non-hydrogen) atoms. The van der Waals surface area contributed by atoms with Crippen LogP contribution < -0.4 is 20.3 Å². The van der Waals surface area contributed by atoms with Crippen LogP contribution >= 0.6 is 0 Å². The molecular weight excluding hydrogens is 332 g/mol. The van der Waals surface area contributed by atoms with E-state index in [4.69, 9.17) is 9.47 Å². The van der Waals surface area contributed by atoms with Crippen molar-refractivity contribution in [3.05, 3.63) is 35.9 Å². The van der Waals surface area contributed by atoms with Gasteiger partial charge in [0, 0.05) is 11.6 Å². The molecule has 0 fully saturated rings. The molecular formula is C20H30N2O4. The van der Waals surface area contributed by atoms with Crippen molar-refractivity contribution in [2.75, 3.05) is 13.7 Å². The molecule has 0 radical (unpaired) electrons. The van der Waals surface area contributed by atoms with Crippen molar-refractivity contribution in [2.45, 2.75) is 41.0 Å². The third kappa shape index (κ3) is 8.05. The van der Waals surface area contributed by atoms with E-state index in [1.807, 2.05) is 20.8 Å². The fourth-order valence-electron chi connectivity index (χ4n) is 1.89. The Hall–Kier alpha value is -2.50. The SMILES string of the molecule is COc1cc(C(=O)NNC(=O)/C=C/C(C)(C)C)ccc1OCCC(C)C. The Morgan fingerprint density at radius 2 is 1.85 bits per heavy atom. The lowest BCUT2D eigenvalue weighted by atomic mass is 9.96. The molecule has 0 aromatic heterocycles. The average molecular weight is 362 g/mol. The third-order valence-corrected chi connectivity index (χ3v) is 3.41. The second-order valence-electron chi connectivity index (χ2n) is 7.54. The highest BCUT2D eigenvalue weighted by Crippen LogP contribution is 2.28. The van der Waals surface area contributed by atoms with Crippen molar-refractivity contribution in [1.82, 2.24) is 10.9 Å². The molecule has 0 aliphatic heterocycles. The van der Waals surface area contributed by atoms with Gasteiger partial charge in [0.05, 0.1) is 13.7 Å². The largest absolute Gasteiger partial charge is 0.493 e. The molecule has 0 heterocycles. The summed E-state index contributed by atoms with van der Waals surface area (Å²) >= 11 is 0. The number of hydrogen-bond donors (Lipinski definition) is 2. The number of carbonyl (C=O) groups is 2. The summed E-state index contributed by atoms with van der Waals surface area (Å²) < 4.78 is 11.0. The number of hydrazine groups is 1. The van der Waals surface area contributed by atoms with Crippen molar-refractivity contribution < 1.29 is 19.1 Å². The third-order valence-electron chi connectivity index (χ3n) is 3.41. The topological polar surface area (TPSA) is 76.7 Å². The number of hydrogen-bond acceptors (Lipinski definition) is 4. The molecule has 1 aromatic rings. The Bertz CT molecular complexity index is 646. The van der Waals surface area contributed by atoms with Crippen LogP contribution in [0.2, 0.25) is 0 Å². The van der Waals surface area contributed by atoms with Crippen LogP contribution in [0.3, 0.4) is 0 Å². The van der Waals surface area contributed by atoms with E-state index in [-0.39, 0.29) is 5.41 Å². The summed E-state index contributed by atoms with van der Waals surface area (Å²) in [7, 11) is 1.52. The van der Waals surface area contributed by atoms with E-state index >= 15 is 0 Å². The standard InChI is InChI=1S/C20H30N2O4/c1-14(2)10-12-26-16-8-7-15(13-17(16)25-6)19(24)22-21-18(23)9-11-20(3,4)5/h7-9,11,13-14H,10,12H2,1-6H3,(H,21,23)(H,22,24)/b11-9+. The second-order valence-corrected chi connectivity index (χ2v) is 7.54. The zero-order valence-electron chi connectivity index (χ0n) is 16.5. The maximum Gasteiger partial charge on any atom is 0.269 e. The van der Waals surface area contributed by atoms with Gasteiger partial charge in [-0.25, -0.2) is 0 Å². The van der Waals surface area contributed by atoms with Crippen molar-refractivity contribution in [3.8, 4) is 11.5 Å². The van der Waals surface area contributed by atoms with Gasteiger partial charge in [-0.1, -0.05) is 40.7 Å². The molecule has 0 aliphatic rings. The molecule has 0 saturated carbocycles. The van der Waals surface area contributed by atoms with Gasteiger partial charge in [0.15, 0.2) is 11.5 Å². The number of carbonyl (C=O) groups excluding carboxylic acids is 2. The summed E-state index contributed by atoms with van der Waals surface area (Å²) in [6.07, 6.45) is 4.09. The van der Waals surface area contributed by atoms with Gasteiger partial charge < -0.3 is 9.47 Å². The minimum absolute atomic E-state index is 0.111. The summed E-state index contributed by atoms with van der Waals surface area (Å²) in [6, 6.07) is 4.90. The van der Waals surface area contributed by atoms with Gasteiger partial charge in [-0.3, -0.25) is 20.4 Å². The first-order valence-electron chi connectivity index (χ1n) is 8.73. The van der Waals surface area contributed by atoms with Gasteiger partial charge in [-0.15, -0.1) is 0 Å². The quantitative estimate of drug-likeness (QED) is 0.575. The maximum absolute atomic E-state index is 12.2. The van der Waals surface area contributed by atoms with Gasteiger partial charge in [-0.05, 0) is 36.0 Å². The van der Waals surface area contributed by atoms with Crippen LogP contribution in [0.15, 0.2) is 30.4 Å². The molecule has 2 amide bonds. The lowest BCUT2D eigenvalue weighted by Crippen LogP contribution is -2.40. The van der Waals surface area contributed by atoms with Gasteiger partial charge in [0.25, 0.3) is 11.8 Å². The molecule has 6 heteroatoms. The first-order chi connectivity index (χ1) is 12.1. The highest BCUT2D eigenvalue weighted by Gasteiger charge is 2.12. The Morgan fingerprint density at radius 3 is 2.42 bits per heavy atom. The summed E-state index contributed by atoms with van der Waals surface area (Å²) in [5.74, 6) is 0.771. The summed E-state index contributed by atoms with van der Waals surface area (Å²) in [6.45, 7) is 10.8. The van der Waals surface area contributed by atoms with E-state index in [1.165, 1.54) is 13.2 Å². The predicted molar refractivity (Wildman–Crippen MR) is 102 cm³/mol. The molecule has 1 rings (SSSR count). The first-order valence-corrected chi connectivity index (χ1v) is 8.73. The van der Waals surface area contributed by atoms with Crippen molar-refractivity contribution in [2.24, 2.45) is 11.3 Å². The average Bonchev–Trinajstić information content (AvgIpc) is 2.57. The Balaban J connectivity index is 2.66. The molecule has 2 N–H and O–H groups in total. The van der Waals surface area contributed by atoms with Crippen molar-refractivity contribution in [3.63, 3.8) is 0 Å². The van der Waals surface area contributed by atoms with Gasteiger partial charge >= 0.3 is 0 Å².